The van der Waals surface area contributed by atoms with Crippen LogP contribution in [0.3, 0.4) is 0 Å². The lowest BCUT2D eigenvalue weighted by molar-refractivity contribution is 0.0929. The van der Waals surface area contributed by atoms with Crippen LogP contribution in [-0.4, -0.2) is 32.9 Å². The predicted octanol–water partition coefficient (Wildman–Crippen LogP) is 3.61. The molecule has 0 bridgehead atoms. The van der Waals surface area contributed by atoms with Gasteiger partial charge in [-0.1, -0.05) is 6.07 Å². The van der Waals surface area contributed by atoms with Crippen LogP contribution in [0.5, 0.6) is 17.2 Å². The minimum Gasteiger partial charge on any atom is -0.494 e. The molecule has 27 heavy (non-hydrogen) atoms. The van der Waals surface area contributed by atoms with Crippen molar-refractivity contribution >= 4 is 23.1 Å². The maximum absolute atomic E-state index is 12.3. The first-order valence-corrected chi connectivity index (χ1v) is 8.37. The highest BCUT2D eigenvalue weighted by atomic mass is 16.5. The largest absolute Gasteiger partial charge is 0.494 e. The molecular formula is C20H20N2O5. The van der Waals surface area contributed by atoms with Gasteiger partial charge in [-0.2, -0.15) is 5.10 Å². The number of rotatable bonds is 7. The second-order valence-corrected chi connectivity index (χ2v) is 5.53. The highest BCUT2D eigenvalue weighted by Crippen LogP contribution is 2.29. The molecule has 140 valence electrons. The molecule has 0 unspecified atom stereocenters. The molecule has 1 heterocycles. The van der Waals surface area contributed by atoms with Gasteiger partial charge in [0.1, 0.15) is 11.3 Å². The first-order chi connectivity index (χ1) is 13.2. The van der Waals surface area contributed by atoms with E-state index in [1.54, 1.807) is 50.6 Å². The van der Waals surface area contributed by atoms with Crippen molar-refractivity contribution in [1.82, 2.24) is 5.43 Å². The fraction of sp³-hybridized carbons (Fsp3) is 0.200. The molecule has 3 rings (SSSR count). The van der Waals surface area contributed by atoms with Crippen molar-refractivity contribution in [3.05, 3.63) is 53.8 Å². The van der Waals surface area contributed by atoms with Gasteiger partial charge < -0.3 is 18.6 Å². The van der Waals surface area contributed by atoms with Crippen molar-refractivity contribution in [3.8, 4) is 17.2 Å². The van der Waals surface area contributed by atoms with E-state index in [1.807, 2.05) is 13.0 Å². The van der Waals surface area contributed by atoms with Crippen molar-refractivity contribution in [3.63, 3.8) is 0 Å². The Balaban J connectivity index is 1.74. The van der Waals surface area contributed by atoms with Crippen molar-refractivity contribution in [2.24, 2.45) is 5.10 Å². The van der Waals surface area contributed by atoms with E-state index in [-0.39, 0.29) is 5.76 Å². The minimum atomic E-state index is -0.456. The predicted molar refractivity (Wildman–Crippen MR) is 102 cm³/mol. The number of hydrogen-bond acceptors (Lipinski definition) is 6. The summed E-state index contributed by atoms with van der Waals surface area (Å²) in [6.07, 6.45) is 1.48. The number of ether oxygens (including phenoxy) is 3. The highest BCUT2D eigenvalue weighted by molar-refractivity contribution is 5.97. The summed E-state index contributed by atoms with van der Waals surface area (Å²) < 4.78 is 21.6. The number of benzene rings is 2. The molecule has 1 aromatic heterocycles. The number of hydrogen-bond donors (Lipinski definition) is 1. The van der Waals surface area contributed by atoms with Gasteiger partial charge in [-0.15, -0.1) is 0 Å². The molecule has 0 fully saturated rings. The Morgan fingerprint density at radius 2 is 2.04 bits per heavy atom. The third-order valence-corrected chi connectivity index (χ3v) is 3.83. The topological polar surface area (TPSA) is 82.3 Å². The van der Waals surface area contributed by atoms with Crippen molar-refractivity contribution < 1.29 is 23.4 Å². The summed E-state index contributed by atoms with van der Waals surface area (Å²) in [7, 11) is 3.10. The van der Waals surface area contributed by atoms with Gasteiger partial charge in [0.2, 0.25) is 0 Å². The number of methoxy groups -OCH3 is 2. The van der Waals surface area contributed by atoms with Crippen molar-refractivity contribution in [1.29, 1.82) is 0 Å². The lowest BCUT2D eigenvalue weighted by Crippen LogP contribution is -2.16. The Kier molecular flexibility index (Phi) is 5.61. The number of carbonyl (C=O) groups excluding carboxylic acids is 1. The number of fused-ring (bicyclic) bond motifs is 1. The van der Waals surface area contributed by atoms with E-state index < -0.39 is 5.91 Å². The normalized spacial score (nSPS) is 10.9. The first-order valence-electron chi connectivity index (χ1n) is 8.37. The molecule has 0 aliphatic carbocycles. The number of nitrogens with one attached hydrogen (secondary N) is 1. The summed E-state index contributed by atoms with van der Waals surface area (Å²) in [6.45, 7) is 2.48. The Labute approximate surface area is 156 Å². The monoisotopic (exact) mass is 368 g/mol. The SMILES string of the molecule is CCOc1ccc2oc(C(=O)N/N=C/c3cccc(OC)c3OC)cc2c1. The molecule has 7 nitrogen and oxygen atoms in total. The lowest BCUT2D eigenvalue weighted by atomic mass is 10.2. The van der Waals surface area contributed by atoms with Crippen LogP contribution in [0.15, 0.2) is 52.0 Å². The van der Waals surface area contributed by atoms with Gasteiger partial charge in [-0.3, -0.25) is 4.79 Å². The summed E-state index contributed by atoms with van der Waals surface area (Å²) in [5.74, 6) is 1.54. The molecular weight excluding hydrogens is 348 g/mol. The zero-order valence-electron chi connectivity index (χ0n) is 15.3. The average molecular weight is 368 g/mol. The van der Waals surface area contributed by atoms with Crippen LogP contribution in [0.25, 0.3) is 11.0 Å². The van der Waals surface area contributed by atoms with Gasteiger partial charge in [-0.25, -0.2) is 5.43 Å². The molecule has 0 atom stereocenters. The highest BCUT2D eigenvalue weighted by Gasteiger charge is 2.13. The fourth-order valence-electron chi connectivity index (χ4n) is 2.62. The Bertz CT molecular complexity index is 978. The Morgan fingerprint density at radius 1 is 1.19 bits per heavy atom. The molecule has 0 spiro atoms. The number of nitrogens with zero attached hydrogens (tertiary/aromatic N) is 1. The summed E-state index contributed by atoms with van der Waals surface area (Å²) in [5, 5.41) is 4.76. The minimum absolute atomic E-state index is 0.161. The van der Waals surface area contributed by atoms with E-state index in [0.717, 1.165) is 11.1 Å². The van der Waals surface area contributed by atoms with Gasteiger partial charge in [0.25, 0.3) is 0 Å². The van der Waals surface area contributed by atoms with Gasteiger partial charge in [-0.05, 0) is 43.3 Å². The quantitative estimate of drug-likeness (QED) is 0.509. The summed E-state index contributed by atoms with van der Waals surface area (Å²) in [5.41, 5.74) is 3.71. The van der Waals surface area contributed by atoms with E-state index in [2.05, 4.69) is 10.5 Å². The van der Waals surface area contributed by atoms with Crippen LogP contribution in [0, 0.1) is 0 Å². The van der Waals surface area contributed by atoms with Crippen LogP contribution in [-0.2, 0) is 0 Å². The number of hydrazone groups is 1. The second kappa shape index (κ2) is 8.27. The number of carbonyl (C=O) groups is 1. The average Bonchev–Trinajstić information content (AvgIpc) is 3.11. The second-order valence-electron chi connectivity index (χ2n) is 5.53. The molecule has 7 heteroatoms. The van der Waals surface area contributed by atoms with Gasteiger partial charge in [0.05, 0.1) is 27.0 Å². The standard InChI is InChI=1S/C20H20N2O5/c1-4-26-15-8-9-16-14(10-15)11-18(27-16)20(23)22-21-12-13-6-5-7-17(24-2)19(13)25-3/h5-12H,4H2,1-3H3,(H,22,23)/b21-12+. The van der Waals surface area contributed by atoms with Crippen LogP contribution < -0.4 is 19.6 Å². The first kappa shape index (κ1) is 18.3. The van der Waals surface area contributed by atoms with Crippen molar-refractivity contribution in [2.45, 2.75) is 6.92 Å². The number of furan rings is 1. The Hall–Kier alpha value is -3.48. The van der Waals surface area contributed by atoms with E-state index in [9.17, 15) is 4.79 Å². The van der Waals surface area contributed by atoms with Crippen molar-refractivity contribution in [2.75, 3.05) is 20.8 Å². The van der Waals surface area contributed by atoms with Crippen LogP contribution >= 0.6 is 0 Å². The lowest BCUT2D eigenvalue weighted by Gasteiger charge is -2.09. The maximum Gasteiger partial charge on any atom is 0.307 e. The third-order valence-electron chi connectivity index (χ3n) is 3.83. The molecule has 0 aliphatic rings. The summed E-state index contributed by atoms with van der Waals surface area (Å²) in [4.78, 5) is 12.3. The molecule has 1 amide bonds. The molecule has 0 saturated heterocycles. The fourth-order valence-corrected chi connectivity index (χ4v) is 2.62. The van der Waals surface area contributed by atoms with Gasteiger partial charge in [0.15, 0.2) is 17.3 Å². The Morgan fingerprint density at radius 3 is 2.78 bits per heavy atom. The number of para-hydroxylation sites is 1. The zero-order chi connectivity index (χ0) is 19.2. The van der Waals surface area contributed by atoms with Crippen LogP contribution in [0.4, 0.5) is 0 Å². The molecule has 0 saturated carbocycles. The molecule has 1 N–H and O–H groups in total. The maximum atomic E-state index is 12.3. The summed E-state index contributed by atoms with van der Waals surface area (Å²) >= 11 is 0. The van der Waals surface area contributed by atoms with E-state index in [1.165, 1.54) is 6.21 Å². The molecule has 3 aromatic rings. The van der Waals surface area contributed by atoms with E-state index >= 15 is 0 Å². The smallest absolute Gasteiger partial charge is 0.307 e. The van der Waals surface area contributed by atoms with Crippen LogP contribution in [0.1, 0.15) is 23.0 Å². The molecule has 0 aliphatic heterocycles. The van der Waals surface area contributed by atoms with E-state index in [0.29, 0.717) is 29.3 Å². The molecule has 0 radical (unpaired) electrons. The van der Waals surface area contributed by atoms with Gasteiger partial charge >= 0.3 is 5.91 Å². The number of amides is 1. The zero-order valence-corrected chi connectivity index (χ0v) is 15.3. The molecule has 2 aromatic carbocycles. The van der Waals surface area contributed by atoms with E-state index in [4.69, 9.17) is 18.6 Å². The third kappa shape index (κ3) is 4.03. The summed E-state index contributed by atoms with van der Waals surface area (Å²) in [6, 6.07) is 12.4. The van der Waals surface area contributed by atoms with Gasteiger partial charge in [0, 0.05) is 10.9 Å². The van der Waals surface area contributed by atoms with Crippen LogP contribution in [0.2, 0.25) is 0 Å².